The number of aromatic nitrogens is 2. The lowest BCUT2D eigenvalue weighted by Gasteiger charge is -2.25. The Labute approximate surface area is 92.5 Å². The highest BCUT2D eigenvalue weighted by Gasteiger charge is 2.39. The van der Waals surface area contributed by atoms with Crippen LogP contribution >= 0.6 is 0 Å². The lowest BCUT2D eigenvalue weighted by Crippen LogP contribution is -2.39. The predicted octanol–water partition coefficient (Wildman–Crippen LogP) is 0.495. The second-order valence-corrected chi connectivity index (χ2v) is 3.61. The zero-order valence-corrected chi connectivity index (χ0v) is 9.28. The number of nitrogen functional groups attached to an aromatic ring is 1. The average molecular weight is 225 g/mol. The van der Waals surface area contributed by atoms with Gasteiger partial charge in [0.2, 0.25) is 0 Å². The maximum absolute atomic E-state index is 11.7. The van der Waals surface area contributed by atoms with Crippen LogP contribution in [0, 0.1) is 0 Å². The van der Waals surface area contributed by atoms with Crippen LogP contribution in [0.5, 0.6) is 0 Å². The molecule has 0 atom stereocenters. The number of anilines is 1. The van der Waals surface area contributed by atoms with E-state index in [2.05, 4.69) is 9.97 Å². The van der Waals surface area contributed by atoms with Crippen LogP contribution in [0.15, 0.2) is 11.0 Å². The molecule has 0 fully saturated rings. The van der Waals surface area contributed by atoms with Gasteiger partial charge in [0.15, 0.2) is 5.95 Å². The highest BCUT2D eigenvalue weighted by Crippen LogP contribution is 2.29. The lowest BCUT2D eigenvalue weighted by molar-refractivity contribution is -0.144. The van der Waals surface area contributed by atoms with Crippen molar-refractivity contribution in [1.29, 1.82) is 0 Å². The predicted molar refractivity (Wildman–Crippen MR) is 59.2 cm³/mol. The van der Waals surface area contributed by atoms with Crippen LogP contribution in [-0.2, 0) is 10.2 Å². The Hall–Kier alpha value is -1.85. The summed E-state index contributed by atoms with van der Waals surface area (Å²) >= 11 is 0. The quantitative estimate of drug-likeness (QED) is 0.691. The Bertz CT molecular complexity index is 449. The first-order valence-electron chi connectivity index (χ1n) is 5.06. The molecule has 1 heterocycles. The molecule has 0 radical (unpaired) electrons. The first-order valence-corrected chi connectivity index (χ1v) is 5.06. The van der Waals surface area contributed by atoms with E-state index in [1.807, 2.05) is 0 Å². The Kier molecular flexibility index (Phi) is 3.31. The van der Waals surface area contributed by atoms with Gasteiger partial charge in [0.25, 0.3) is 5.56 Å². The second-order valence-electron chi connectivity index (χ2n) is 3.61. The second kappa shape index (κ2) is 4.34. The standard InChI is InChI=1S/C10H15N3O3/c1-3-10(4-2,8(15)16)6-5-12-9(11)13-7(6)14/h5H,3-4H2,1-2H3,(H,15,16)(H3,11,12,13,14). The molecular weight excluding hydrogens is 210 g/mol. The summed E-state index contributed by atoms with van der Waals surface area (Å²) in [6.45, 7) is 3.46. The van der Waals surface area contributed by atoms with E-state index < -0.39 is 16.9 Å². The van der Waals surface area contributed by atoms with Gasteiger partial charge in [-0.1, -0.05) is 13.8 Å². The van der Waals surface area contributed by atoms with Crippen LogP contribution in [0.1, 0.15) is 32.3 Å². The number of carbonyl (C=O) groups is 1. The molecule has 0 aliphatic heterocycles. The van der Waals surface area contributed by atoms with Crippen LogP contribution in [-0.4, -0.2) is 21.0 Å². The van der Waals surface area contributed by atoms with Crippen molar-refractivity contribution in [2.24, 2.45) is 0 Å². The molecule has 4 N–H and O–H groups in total. The van der Waals surface area contributed by atoms with Crippen molar-refractivity contribution in [2.45, 2.75) is 32.1 Å². The van der Waals surface area contributed by atoms with Crippen LogP contribution in [0.4, 0.5) is 5.95 Å². The van der Waals surface area contributed by atoms with E-state index in [9.17, 15) is 14.7 Å². The topological polar surface area (TPSA) is 109 Å². The maximum atomic E-state index is 11.7. The molecule has 88 valence electrons. The number of aromatic amines is 1. The van der Waals surface area contributed by atoms with Crippen molar-refractivity contribution in [3.8, 4) is 0 Å². The van der Waals surface area contributed by atoms with E-state index in [0.717, 1.165) is 0 Å². The molecule has 0 amide bonds. The minimum absolute atomic E-state index is 0.0137. The summed E-state index contributed by atoms with van der Waals surface area (Å²) < 4.78 is 0. The fraction of sp³-hybridized carbons (Fsp3) is 0.500. The number of carboxylic acid groups (broad SMARTS) is 1. The van der Waals surface area contributed by atoms with Gasteiger partial charge in [0, 0.05) is 6.20 Å². The number of H-pyrrole nitrogens is 1. The molecule has 0 bridgehead atoms. The number of hydrogen-bond acceptors (Lipinski definition) is 4. The third kappa shape index (κ3) is 1.78. The Morgan fingerprint density at radius 2 is 2.12 bits per heavy atom. The smallest absolute Gasteiger partial charge is 0.314 e. The third-order valence-electron chi connectivity index (χ3n) is 2.95. The molecule has 0 spiro atoms. The highest BCUT2D eigenvalue weighted by atomic mass is 16.4. The zero-order chi connectivity index (χ0) is 12.3. The normalized spacial score (nSPS) is 11.4. The zero-order valence-electron chi connectivity index (χ0n) is 9.28. The Balaban J connectivity index is 3.43. The molecule has 0 aromatic carbocycles. The fourth-order valence-electron chi connectivity index (χ4n) is 1.80. The van der Waals surface area contributed by atoms with Gasteiger partial charge < -0.3 is 10.8 Å². The summed E-state index contributed by atoms with van der Waals surface area (Å²) in [7, 11) is 0. The van der Waals surface area contributed by atoms with E-state index in [1.165, 1.54) is 6.20 Å². The van der Waals surface area contributed by atoms with E-state index >= 15 is 0 Å². The van der Waals surface area contributed by atoms with Crippen molar-refractivity contribution in [1.82, 2.24) is 9.97 Å². The number of nitrogens with zero attached hydrogens (tertiary/aromatic N) is 1. The van der Waals surface area contributed by atoms with Gasteiger partial charge in [-0.05, 0) is 12.8 Å². The number of rotatable bonds is 4. The molecule has 1 aromatic heterocycles. The molecule has 0 saturated heterocycles. The van der Waals surface area contributed by atoms with E-state index in [-0.39, 0.29) is 11.5 Å². The van der Waals surface area contributed by atoms with Crippen molar-refractivity contribution >= 4 is 11.9 Å². The molecule has 6 nitrogen and oxygen atoms in total. The highest BCUT2D eigenvalue weighted by molar-refractivity contribution is 5.81. The molecule has 0 aliphatic carbocycles. The number of nitrogens with two attached hydrogens (primary N) is 1. The van der Waals surface area contributed by atoms with Gasteiger partial charge >= 0.3 is 5.97 Å². The molecule has 6 heteroatoms. The van der Waals surface area contributed by atoms with Gasteiger partial charge in [0.1, 0.15) is 0 Å². The van der Waals surface area contributed by atoms with Crippen LogP contribution in [0.25, 0.3) is 0 Å². The molecular formula is C10H15N3O3. The maximum Gasteiger partial charge on any atom is 0.314 e. The van der Waals surface area contributed by atoms with Gasteiger partial charge in [-0.15, -0.1) is 0 Å². The molecule has 0 unspecified atom stereocenters. The molecule has 0 saturated carbocycles. The summed E-state index contributed by atoms with van der Waals surface area (Å²) in [6.07, 6.45) is 1.90. The van der Waals surface area contributed by atoms with Crippen molar-refractivity contribution < 1.29 is 9.90 Å². The summed E-state index contributed by atoms with van der Waals surface area (Å²) in [6, 6.07) is 0. The minimum atomic E-state index is -1.19. The summed E-state index contributed by atoms with van der Waals surface area (Å²) in [5, 5.41) is 9.26. The van der Waals surface area contributed by atoms with Crippen molar-refractivity contribution in [3.63, 3.8) is 0 Å². The fourth-order valence-corrected chi connectivity index (χ4v) is 1.80. The number of carboxylic acids is 1. The molecule has 16 heavy (non-hydrogen) atoms. The minimum Gasteiger partial charge on any atom is -0.481 e. The van der Waals surface area contributed by atoms with E-state index in [4.69, 9.17) is 5.73 Å². The van der Waals surface area contributed by atoms with Gasteiger partial charge in [-0.3, -0.25) is 14.6 Å². The van der Waals surface area contributed by atoms with Crippen molar-refractivity contribution in [2.75, 3.05) is 5.73 Å². The van der Waals surface area contributed by atoms with E-state index in [0.29, 0.717) is 12.8 Å². The molecule has 0 aliphatic rings. The SMILES string of the molecule is CCC(CC)(C(=O)O)c1cnc(N)[nH]c1=O. The largest absolute Gasteiger partial charge is 0.481 e. The Morgan fingerprint density at radius 3 is 2.50 bits per heavy atom. The van der Waals surface area contributed by atoms with Gasteiger partial charge in [-0.25, -0.2) is 4.98 Å². The summed E-state index contributed by atoms with van der Waals surface area (Å²) in [4.78, 5) is 29.0. The number of hydrogen-bond donors (Lipinski definition) is 3. The number of aliphatic carboxylic acids is 1. The first-order chi connectivity index (χ1) is 7.47. The third-order valence-corrected chi connectivity index (χ3v) is 2.95. The van der Waals surface area contributed by atoms with Crippen molar-refractivity contribution in [3.05, 3.63) is 22.1 Å². The first kappa shape index (κ1) is 12.2. The Morgan fingerprint density at radius 1 is 1.56 bits per heavy atom. The average Bonchev–Trinajstić information content (AvgIpc) is 2.22. The van der Waals surface area contributed by atoms with Crippen LogP contribution in [0.3, 0.4) is 0 Å². The van der Waals surface area contributed by atoms with Crippen LogP contribution in [0.2, 0.25) is 0 Å². The summed E-state index contributed by atoms with van der Waals surface area (Å²) in [5.74, 6) is -1.03. The molecule has 1 rings (SSSR count). The van der Waals surface area contributed by atoms with Gasteiger partial charge in [0.05, 0.1) is 11.0 Å². The van der Waals surface area contributed by atoms with Crippen LogP contribution < -0.4 is 11.3 Å². The summed E-state index contributed by atoms with van der Waals surface area (Å²) in [5.41, 5.74) is 3.79. The number of nitrogens with one attached hydrogen (secondary N) is 1. The van der Waals surface area contributed by atoms with E-state index in [1.54, 1.807) is 13.8 Å². The van der Waals surface area contributed by atoms with Gasteiger partial charge in [-0.2, -0.15) is 0 Å². The lowest BCUT2D eigenvalue weighted by atomic mass is 9.77. The monoisotopic (exact) mass is 225 g/mol. The molecule has 1 aromatic rings.